The Kier molecular flexibility index (Phi) is 11.0. The Bertz CT molecular complexity index is 1170. The molecule has 232 valence electrons. The van der Waals surface area contributed by atoms with Crippen molar-refractivity contribution in [2.24, 2.45) is 5.92 Å². The number of nitrogens with one attached hydrogen (secondary N) is 1. The Morgan fingerprint density at radius 2 is 1.90 bits per heavy atom. The van der Waals surface area contributed by atoms with Crippen molar-refractivity contribution >= 4 is 25.8 Å². The molecule has 1 aromatic rings. The molecule has 42 heavy (non-hydrogen) atoms. The van der Waals surface area contributed by atoms with Crippen molar-refractivity contribution in [1.29, 1.82) is 0 Å². The summed E-state index contributed by atoms with van der Waals surface area (Å²) in [5.74, 6) is 0.757. The van der Waals surface area contributed by atoms with Crippen LogP contribution in [0, 0.1) is 5.92 Å². The number of aliphatic hydroxyl groups is 1. The second kappa shape index (κ2) is 14.1. The summed E-state index contributed by atoms with van der Waals surface area (Å²) in [5, 5.41) is 15.2. The van der Waals surface area contributed by atoms with Gasteiger partial charge in [-0.15, -0.1) is 0 Å². The van der Waals surface area contributed by atoms with Crippen LogP contribution in [0.4, 0.5) is 0 Å². The number of amides is 1. The topological polar surface area (TPSA) is 80.3 Å². The van der Waals surface area contributed by atoms with E-state index in [2.05, 4.69) is 50.7 Å². The standard InChI is InChI=1S/C33H49ClN2O5Si/c1-23-19-24(11-7-8-12-26(34)20-23)30(37)32(38)35-27(22-36-15-9-10-16-36)31(41-42(5,6)33(2,3)4)25-13-14-28-29(21-25)40-18-17-39-28/h8,12-14,20-21,24,27,30-31,37H,1,7,9-11,15-19,22H2,2-6H3,(H,35,38)/b12-8-,26-20+/t24?,27-,30?,31-/m1/s1. The number of rotatable bonds is 9. The molecule has 0 radical (unpaired) electrons. The summed E-state index contributed by atoms with van der Waals surface area (Å²) in [6, 6.07) is 5.58. The van der Waals surface area contributed by atoms with E-state index in [1.165, 1.54) is 0 Å². The van der Waals surface area contributed by atoms with E-state index in [9.17, 15) is 9.90 Å². The maximum Gasteiger partial charge on any atom is 0.249 e. The highest BCUT2D eigenvalue weighted by atomic mass is 35.5. The van der Waals surface area contributed by atoms with Gasteiger partial charge in [0.1, 0.15) is 19.3 Å². The first-order valence-corrected chi connectivity index (χ1v) is 18.6. The molecule has 2 N–H and O–H groups in total. The zero-order valence-corrected chi connectivity index (χ0v) is 27.7. The molecule has 3 aliphatic rings. The van der Waals surface area contributed by atoms with Crippen LogP contribution in [0.5, 0.6) is 11.5 Å². The Morgan fingerprint density at radius 1 is 1.21 bits per heavy atom. The number of ether oxygens (including phenoxy) is 2. The first-order chi connectivity index (χ1) is 19.8. The predicted molar refractivity (Wildman–Crippen MR) is 172 cm³/mol. The number of halogens is 1. The first-order valence-electron chi connectivity index (χ1n) is 15.3. The van der Waals surface area contributed by atoms with E-state index < -0.39 is 20.5 Å². The number of fused-ring (bicyclic) bond motifs is 1. The van der Waals surface area contributed by atoms with E-state index >= 15 is 0 Å². The number of hydrogen-bond donors (Lipinski definition) is 2. The zero-order chi connectivity index (χ0) is 30.5. The van der Waals surface area contributed by atoms with E-state index in [4.69, 9.17) is 25.5 Å². The highest BCUT2D eigenvalue weighted by Crippen LogP contribution is 2.42. The van der Waals surface area contributed by atoms with Gasteiger partial charge in [0.25, 0.3) is 0 Å². The number of nitrogens with zero attached hydrogens (tertiary/aromatic N) is 1. The molecule has 0 aromatic heterocycles. The minimum Gasteiger partial charge on any atom is -0.486 e. The van der Waals surface area contributed by atoms with Crippen molar-refractivity contribution in [3.05, 3.63) is 59.2 Å². The van der Waals surface area contributed by atoms with Crippen molar-refractivity contribution in [2.45, 2.75) is 89.3 Å². The van der Waals surface area contributed by atoms with Gasteiger partial charge in [0.2, 0.25) is 5.91 Å². The number of allylic oxidation sites excluding steroid dienone is 5. The fourth-order valence-corrected chi connectivity index (χ4v) is 7.10. The van der Waals surface area contributed by atoms with Gasteiger partial charge in [-0.3, -0.25) is 4.79 Å². The van der Waals surface area contributed by atoms with Gasteiger partial charge < -0.3 is 29.2 Å². The second-order valence-electron chi connectivity index (χ2n) is 13.4. The smallest absolute Gasteiger partial charge is 0.249 e. The zero-order valence-electron chi connectivity index (χ0n) is 26.0. The van der Waals surface area contributed by atoms with Crippen LogP contribution in [0.3, 0.4) is 0 Å². The molecule has 0 spiro atoms. The number of carbonyl (C=O) groups excluding carboxylic acids is 1. The van der Waals surface area contributed by atoms with Crippen LogP contribution in [0.2, 0.25) is 18.1 Å². The van der Waals surface area contributed by atoms with E-state index in [-0.39, 0.29) is 22.9 Å². The molecule has 2 unspecified atom stereocenters. The normalized spacial score (nSPS) is 24.4. The van der Waals surface area contributed by atoms with E-state index in [1.54, 1.807) is 0 Å². The van der Waals surface area contributed by atoms with Gasteiger partial charge in [-0.2, -0.15) is 0 Å². The average molecular weight is 617 g/mol. The molecule has 1 saturated heterocycles. The molecular weight excluding hydrogens is 568 g/mol. The van der Waals surface area contributed by atoms with Crippen molar-refractivity contribution in [3.63, 3.8) is 0 Å². The first kappa shape index (κ1) is 32.8. The monoisotopic (exact) mass is 616 g/mol. The van der Waals surface area contributed by atoms with Gasteiger partial charge in [0.05, 0.1) is 12.1 Å². The molecule has 1 aliphatic carbocycles. The van der Waals surface area contributed by atoms with E-state index in [0.717, 1.165) is 49.2 Å². The second-order valence-corrected chi connectivity index (χ2v) is 18.6. The van der Waals surface area contributed by atoms with Crippen molar-refractivity contribution in [2.75, 3.05) is 32.8 Å². The number of likely N-dealkylation sites (tertiary alicyclic amines) is 1. The van der Waals surface area contributed by atoms with Crippen LogP contribution in [0.25, 0.3) is 0 Å². The third-order valence-electron chi connectivity index (χ3n) is 9.03. The van der Waals surface area contributed by atoms with Gasteiger partial charge in [-0.25, -0.2) is 0 Å². The third kappa shape index (κ3) is 8.50. The fourth-order valence-electron chi connectivity index (χ4n) is 5.57. The molecule has 4 rings (SSSR count). The molecule has 2 heterocycles. The van der Waals surface area contributed by atoms with Gasteiger partial charge in [0.15, 0.2) is 19.8 Å². The summed E-state index contributed by atoms with van der Waals surface area (Å²) in [6.07, 6.45) is 8.16. The lowest BCUT2D eigenvalue weighted by atomic mass is 9.89. The van der Waals surface area contributed by atoms with Crippen LogP contribution in [0.1, 0.15) is 64.5 Å². The summed E-state index contributed by atoms with van der Waals surface area (Å²) in [5.41, 5.74) is 1.73. The van der Waals surface area contributed by atoms with Crippen LogP contribution >= 0.6 is 11.6 Å². The van der Waals surface area contributed by atoms with Crippen molar-refractivity contribution < 1.29 is 23.8 Å². The summed E-state index contributed by atoms with van der Waals surface area (Å²) >= 11 is 6.26. The third-order valence-corrected chi connectivity index (χ3v) is 13.7. The SMILES string of the molecule is C=C1/C=C(Cl)\C=C/CCC(C(O)C(=O)N[C@H](CN2CCCC2)[C@H](O[Si](C)(C)C(C)(C)C)c2ccc3c(c2)OCCO3)C1. The predicted octanol–water partition coefficient (Wildman–Crippen LogP) is 6.50. The Hall–Kier alpha value is -2.10. The molecule has 0 bridgehead atoms. The van der Waals surface area contributed by atoms with E-state index in [0.29, 0.717) is 43.4 Å². The fraction of sp³-hybridized carbons (Fsp3) is 0.606. The Balaban J connectivity index is 1.65. The average Bonchev–Trinajstić information content (AvgIpc) is 3.46. The molecule has 9 heteroatoms. The quantitative estimate of drug-likeness (QED) is 0.309. The van der Waals surface area contributed by atoms with Gasteiger partial charge in [-0.1, -0.05) is 56.7 Å². The summed E-state index contributed by atoms with van der Waals surface area (Å²) in [7, 11) is -2.29. The molecule has 4 atom stereocenters. The van der Waals surface area contributed by atoms with E-state index in [1.807, 2.05) is 36.4 Å². The van der Waals surface area contributed by atoms with Crippen LogP contribution in [0.15, 0.2) is 53.6 Å². The van der Waals surface area contributed by atoms with Gasteiger partial charge in [-0.05, 0) is 99.1 Å². The molecule has 1 aromatic carbocycles. The van der Waals surface area contributed by atoms with Gasteiger partial charge in [0, 0.05) is 11.6 Å². The minimum absolute atomic E-state index is 0.0409. The number of benzene rings is 1. The lowest BCUT2D eigenvalue weighted by molar-refractivity contribution is -0.134. The van der Waals surface area contributed by atoms with Crippen LogP contribution in [-0.2, 0) is 9.22 Å². The molecule has 0 saturated carbocycles. The Morgan fingerprint density at radius 3 is 2.60 bits per heavy atom. The number of aliphatic hydroxyl groups excluding tert-OH is 1. The highest BCUT2D eigenvalue weighted by molar-refractivity contribution is 6.74. The largest absolute Gasteiger partial charge is 0.486 e. The number of hydrogen-bond acceptors (Lipinski definition) is 6. The lowest BCUT2D eigenvalue weighted by Crippen LogP contribution is -2.54. The molecule has 7 nitrogen and oxygen atoms in total. The molecule has 2 aliphatic heterocycles. The molecular formula is C33H49ClN2O5Si. The van der Waals surface area contributed by atoms with Crippen LogP contribution < -0.4 is 14.8 Å². The maximum atomic E-state index is 13.9. The summed E-state index contributed by atoms with van der Waals surface area (Å²) < 4.78 is 18.9. The lowest BCUT2D eigenvalue weighted by Gasteiger charge is -2.42. The summed E-state index contributed by atoms with van der Waals surface area (Å²) in [6.45, 7) is 18.8. The molecule has 1 amide bonds. The van der Waals surface area contributed by atoms with Crippen molar-refractivity contribution in [3.8, 4) is 11.5 Å². The maximum absolute atomic E-state index is 13.9. The Labute approximate surface area is 258 Å². The van der Waals surface area contributed by atoms with Gasteiger partial charge >= 0.3 is 0 Å². The molecule has 1 fully saturated rings. The van der Waals surface area contributed by atoms with Crippen molar-refractivity contribution in [1.82, 2.24) is 10.2 Å². The summed E-state index contributed by atoms with van der Waals surface area (Å²) in [4.78, 5) is 16.2. The highest BCUT2D eigenvalue weighted by Gasteiger charge is 2.43. The minimum atomic E-state index is -2.29. The number of carbonyl (C=O) groups is 1. The van der Waals surface area contributed by atoms with Crippen LogP contribution in [-0.4, -0.2) is 69.2 Å².